The average molecular weight is 628 g/mol. The van der Waals surface area contributed by atoms with Crippen LogP contribution in [0.1, 0.15) is 66.5 Å². The molecule has 2 aromatic rings. The molecule has 40 heavy (non-hydrogen) atoms. The van der Waals surface area contributed by atoms with Crippen LogP contribution in [0.4, 0.5) is 5.95 Å². The van der Waals surface area contributed by atoms with Crippen molar-refractivity contribution in [3.63, 3.8) is 0 Å². The second kappa shape index (κ2) is 10.6. The number of ether oxygens (including phenoxy) is 1. The monoisotopic (exact) mass is 627 g/mol. The zero-order valence-corrected chi connectivity index (χ0v) is 28.0. The predicted octanol–water partition coefficient (Wildman–Crippen LogP) is 5.89. The lowest BCUT2D eigenvalue weighted by molar-refractivity contribution is -0.0370. The molecule has 1 aliphatic carbocycles. The van der Waals surface area contributed by atoms with Gasteiger partial charge in [-0.2, -0.15) is 4.98 Å². The molecule has 10 nitrogen and oxygen atoms in total. The van der Waals surface area contributed by atoms with E-state index < -0.39 is 20.2 Å². The normalized spacial score (nSPS) is 34.8. The van der Waals surface area contributed by atoms with E-state index in [1.54, 1.807) is 22.3 Å². The summed E-state index contributed by atoms with van der Waals surface area (Å²) in [5, 5.41) is 0.0468. The second-order valence-electron chi connectivity index (χ2n) is 13.1. The third-order valence-electron chi connectivity index (χ3n) is 9.06. The van der Waals surface area contributed by atoms with Crippen molar-refractivity contribution in [3.8, 4) is 0 Å². The molecule has 3 aliphatic rings. The predicted molar refractivity (Wildman–Crippen MR) is 166 cm³/mol. The molecule has 0 spiro atoms. The molecular formula is C26H42N5O5PS2Si. The summed E-state index contributed by atoms with van der Waals surface area (Å²) in [6, 6.07) is 0. The van der Waals surface area contributed by atoms with E-state index in [0.29, 0.717) is 24.6 Å². The summed E-state index contributed by atoms with van der Waals surface area (Å²) in [6.45, 7) is 20.0. The van der Waals surface area contributed by atoms with E-state index in [2.05, 4.69) is 69.2 Å². The first kappa shape index (κ1) is 30.4. The van der Waals surface area contributed by atoms with Gasteiger partial charge in [-0.25, -0.2) is 4.98 Å². The topological polar surface area (TPSA) is 127 Å². The summed E-state index contributed by atoms with van der Waals surface area (Å²) in [7, 11) is -2.06. The lowest BCUT2D eigenvalue weighted by Crippen LogP contribution is -2.44. The highest BCUT2D eigenvalue weighted by molar-refractivity contribution is 8.68. The number of aromatic nitrogens is 4. The number of nitrogens with zero attached hydrogens (tertiary/aromatic N) is 3. The van der Waals surface area contributed by atoms with E-state index in [1.807, 2.05) is 0 Å². The number of imidazole rings is 1. The van der Waals surface area contributed by atoms with Gasteiger partial charge in [-0.1, -0.05) is 44.3 Å². The summed E-state index contributed by atoms with van der Waals surface area (Å²) in [4.78, 5) is 23.5. The van der Waals surface area contributed by atoms with Crippen molar-refractivity contribution in [1.82, 2.24) is 19.5 Å². The molecular weight excluding hydrogens is 586 g/mol. The van der Waals surface area contributed by atoms with E-state index in [-0.39, 0.29) is 45.1 Å². The zero-order valence-electron chi connectivity index (χ0n) is 24.4. The Kier molecular flexibility index (Phi) is 8.05. The van der Waals surface area contributed by atoms with Crippen LogP contribution in [0, 0.1) is 5.92 Å². The van der Waals surface area contributed by atoms with Crippen molar-refractivity contribution in [2.75, 3.05) is 12.3 Å². The molecule has 222 valence electrons. The van der Waals surface area contributed by atoms with Crippen LogP contribution in [0.15, 0.2) is 23.3 Å². The third-order valence-corrected chi connectivity index (χ3v) is 19.3. The van der Waals surface area contributed by atoms with Crippen molar-refractivity contribution in [2.45, 2.75) is 108 Å². The second-order valence-corrected chi connectivity index (χ2v) is 24.5. The first-order chi connectivity index (χ1) is 18.5. The van der Waals surface area contributed by atoms with E-state index in [0.717, 1.165) is 19.3 Å². The number of rotatable bonds is 7. The van der Waals surface area contributed by atoms with Crippen molar-refractivity contribution in [1.29, 1.82) is 0 Å². The molecule has 0 bridgehead atoms. The number of nitrogens with one attached hydrogen (secondary N) is 1. The van der Waals surface area contributed by atoms with Gasteiger partial charge >= 0.3 is 0 Å². The van der Waals surface area contributed by atoms with Crippen molar-refractivity contribution in [3.05, 3.63) is 28.8 Å². The fourth-order valence-corrected chi connectivity index (χ4v) is 14.0. The van der Waals surface area contributed by atoms with Crippen LogP contribution in [-0.4, -0.2) is 57.5 Å². The quantitative estimate of drug-likeness (QED) is 0.218. The number of fused-ring (bicyclic) bond motifs is 2. The van der Waals surface area contributed by atoms with Crippen LogP contribution in [0.3, 0.4) is 0 Å². The molecule has 4 heterocycles. The van der Waals surface area contributed by atoms with Gasteiger partial charge in [0.05, 0.1) is 25.1 Å². The minimum atomic E-state index is -2.67. The molecule has 2 saturated heterocycles. The zero-order chi connectivity index (χ0) is 29.3. The lowest BCUT2D eigenvalue weighted by Gasteiger charge is -2.37. The number of aromatic amines is 1. The summed E-state index contributed by atoms with van der Waals surface area (Å²) in [5.41, 5.74) is 4.57. The van der Waals surface area contributed by atoms with Gasteiger partial charge in [0.25, 0.3) is 5.56 Å². The van der Waals surface area contributed by atoms with E-state index in [9.17, 15) is 4.79 Å². The Morgan fingerprint density at radius 2 is 2.15 bits per heavy atom. The molecule has 0 aromatic carbocycles. The number of hydrogen-bond acceptors (Lipinski definition) is 10. The molecule has 3 fully saturated rings. The summed E-state index contributed by atoms with van der Waals surface area (Å²) in [5.74, 6) is 0.473. The number of hydrogen-bond donors (Lipinski definition) is 2. The van der Waals surface area contributed by atoms with Crippen LogP contribution in [0.5, 0.6) is 0 Å². The maximum atomic E-state index is 12.4. The SMILES string of the molecule is C=C(C)[C@@H]1CC[C@]2(C)S[P@](=S)(OC3CC(n4cnc5c(=O)[nH]c(N)nc54)OC3CO[Si](C)(C)C(C)(C)C)O[C@H]2C1. The van der Waals surface area contributed by atoms with Gasteiger partial charge in [0.15, 0.2) is 19.5 Å². The fourth-order valence-electron chi connectivity index (χ4n) is 5.39. The van der Waals surface area contributed by atoms with E-state index in [4.69, 9.17) is 35.8 Å². The van der Waals surface area contributed by atoms with Gasteiger partial charge in [0, 0.05) is 11.2 Å². The summed E-state index contributed by atoms with van der Waals surface area (Å²) >= 11 is 7.85. The molecule has 7 atom stereocenters. The van der Waals surface area contributed by atoms with Gasteiger partial charge in [0.2, 0.25) is 11.6 Å². The molecule has 3 unspecified atom stereocenters. The highest BCUT2D eigenvalue weighted by Crippen LogP contribution is 2.76. The van der Waals surface area contributed by atoms with Crippen LogP contribution in [0.2, 0.25) is 18.1 Å². The van der Waals surface area contributed by atoms with Crippen LogP contribution in [0.25, 0.3) is 11.2 Å². The highest BCUT2D eigenvalue weighted by Gasteiger charge is 2.55. The van der Waals surface area contributed by atoms with Crippen LogP contribution in [-0.2, 0) is 30.0 Å². The number of nitrogen functional groups attached to an aromatic ring is 1. The molecule has 2 aromatic heterocycles. The molecule has 14 heteroatoms. The van der Waals surface area contributed by atoms with Crippen LogP contribution < -0.4 is 11.3 Å². The molecule has 0 radical (unpaired) electrons. The average Bonchev–Trinajstić information content (AvgIpc) is 3.49. The molecule has 0 amide bonds. The summed E-state index contributed by atoms with van der Waals surface area (Å²) < 4.78 is 28.2. The van der Waals surface area contributed by atoms with Gasteiger partial charge in [-0.3, -0.25) is 14.3 Å². The maximum Gasteiger partial charge on any atom is 0.280 e. The largest absolute Gasteiger partial charge is 0.414 e. The number of anilines is 1. The Labute approximate surface area is 246 Å². The van der Waals surface area contributed by atoms with Crippen molar-refractivity contribution in [2.24, 2.45) is 5.92 Å². The maximum absolute atomic E-state index is 12.4. The number of H-pyrrole nitrogens is 1. The van der Waals surface area contributed by atoms with Crippen LogP contribution >= 0.6 is 17.1 Å². The van der Waals surface area contributed by atoms with E-state index >= 15 is 0 Å². The Morgan fingerprint density at radius 1 is 1.43 bits per heavy atom. The first-order valence-electron chi connectivity index (χ1n) is 13.8. The van der Waals surface area contributed by atoms with Crippen molar-refractivity contribution < 1.29 is 18.2 Å². The standard InChI is InChI=1S/C26H42N5O5PS2Si/c1-15(2)16-9-10-26(6)19(11-16)36-37(38,39-26)35-17-12-20(34-18(17)13-33-40(7,8)25(3,4)5)31-14-28-21-22(31)29-24(27)30-23(21)32/h14,16-20H,1,9-13H2,2-8H3,(H3,27,29,30,32)/t16-,17?,18?,19+,20?,26+,37-/m1/s1. The Bertz CT molecular complexity index is 1410. The van der Waals surface area contributed by atoms with Gasteiger partial charge in [-0.15, -0.1) is 0 Å². The smallest absolute Gasteiger partial charge is 0.280 e. The Hall–Kier alpha value is -1.05. The van der Waals surface area contributed by atoms with Gasteiger partial charge in [-0.05, 0) is 69.0 Å². The summed E-state index contributed by atoms with van der Waals surface area (Å²) in [6.07, 6.45) is 3.92. The minimum Gasteiger partial charge on any atom is -0.414 e. The minimum absolute atomic E-state index is 0.0259. The third kappa shape index (κ3) is 5.77. The molecule has 5 rings (SSSR count). The highest BCUT2D eigenvalue weighted by atomic mass is 32.9. The molecule has 2 aliphatic heterocycles. The molecule has 1 saturated carbocycles. The molecule has 3 N–H and O–H groups in total. The number of allylic oxidation sites excluding steroid dienone is 1. The van der Waals surface area contributed by atoms with Gasteiger partial charge in [0.1, 0.15) is 12.3 Å². The van der Waals surface area contributed by atoms with Gasteiger partial charge < -0.3 is 23.9 Å². The van der Waals surface area contributed by atoms with Crippen molar-refractivity contribution >= 4 is 54.3 Å². The Balaban J connectivity index is 1.40. The first-order valence-corrected chi connectivity index (χ1v) is 20.8. The fraction of sp³-hybridized carbons (Fsp3) is 0.731. The number of nitrogens with two attached hydrogens (primary N) is 1. The van der Waals surface area contributed by atoms with E-state index in [1.165, 1.54) is 5.57 Å². The lowest BCUT2D eigenvalue weighted by atomic mass is 9.77. The Morgan fingerprint density at radius 3 is 2.83 bits per heavy atom.